The summed E-state index contributed by atoms with van der Waals surface area (Å²) >= 11 is 0. The molecule has 2 aromatic carbocycles. The molecule has 27 heavy (non-hydrogen) atoms. The van der Waals surface area contributed by atoms with Crippen LogP contribution in [0.2, 0.25) is 0 Å². The summed E-state index contributed by atoms with van der Waals surface area (Å²) in [6, 6.07) is 7.96. The molecule has 1 N–H and O–H groups in total. The number of rotatable bonds is 8. The highest BCUT2D eigenvalue weighted by Gasteiger charge is 2.18. The minimum Gasteiger partial charge on any atom is -0.493 e. The minimum atomic E-state index is -0.390. The third-order valence-electron chi connectivity index (χ3n) is 4.11. The molecule has 0 aliphatic heterocycles. The van der Waals surface area contributed by atoms with Gasteiger partial charge in [-0.15, -0.1) is 0 Å². The fourth-order valence-electron chi connectivity index (χ4n) is 2.80. The number of anilines is 1. The number of carbonyl (C=O) groups is 1. The van der Waals surface area contributed by atoms with E-state index in [1.165, 1.54) is 12.1 Å². The average Bonchev–Trinajstić information content (AvgIpc) is 2.63. The van der Waals surface area contributed by atoms with Crippen LogP contribution in [0.15, 0.2) is 30.3 Å². The average molecular weight is 376 g/mol. The van der Waals surface area contributed by atoms with Gasteiger partial charge in [0.15, 0.2) is 11.5 Å². The van der Waals surface area contributed by atoms with Gasteiger partial charge in [-0.25, -0.2) is 4.39 Å². The van der Waals surface area contributed by atoms with Gasteiger partial charge in [-0.2, -0.15) is 0 Å². The van der Waals surface area contributed by atoms with Crippen LogP contribution in [0.5, 0.6) is 17.2 Å². The van der Waals surface area contributed by atoms with E-state index in [0.29, 0.717) is 29.5 Å². The zero-order valence-electron chi connectivity index (χ0n) is 16.3. The number of nitrogens with zero attached hydrogens (tertiary/aromatic N) is 1. The van der Waals surface area contributed by atoms with Crippen molar-refractivity contribution in [2.75, 3.05) is 40.2 Å². The van der Waals surface area contributed by atoms with Gasteiger partial charge in [0.05, 0.1) is 27.9 Å². The second-order valence-corrected chi connectivity index (χ2v) is 6.17. The molecular formula is C20H25FN2O4. The van der Waals surface area contributed by atoms with Crippen molar-refractivity contribution in [3.63, 3.8) is 0 Å². The largest absolute Gasteiger partial charge is 0.493 e. The third kappa shape index (κ3) is 5.10. The van der Waals surface area contributed by atoms with Crippen LogP contribution in [0.25, 0.3) is 0 Å². The third-order valence-corrected chi connectivity index (χ3v) is 4.11. The van der Waals surface area contributed by atoms with Gasteiger partial charge < -0.3 is 19.5 Å². The molecule has 6 nitrogen and oxygen atoms in total. The summed E-state index contributed by atoms with van der Waals surface area (Å²) in [5, 5.41) is 2.74. The zero-order valence-corrected chi connectivity index (χ0v) is 16.3. The Kier molecular flexibility index (Phi) is 7.01. The molecule has 0 saturated carbocycles. The number of nitrogens with one attached hydrogen (secondary N) is 1. The van der Waals surface area contributed by atoms with Gasteiger partial charge in [-0.05, 0) is 37.7 Å². The number of hydrogen-bond donors (Lipinski definition) is 1. The van der Waals surface area contributed by atoms with Crippen molar-refractivity contribution in [3.05, 3.63) is 47.3 Å². The van der Waals surface area contributed by atoms with Gasteiger partial charge in [0.1, 0.15) is 5.82 Å². The maximum atomic E-state index is 13.4. The number of likely N-dealkylation sites (N-methyl/N-ethyl adjacent to an activating group) is 1. The standard InChI is InChI=1S/C20H25FN2O4/c1-13-6-8-15(21)10-16(13)22-18(24)12-23(2)11-14-7-9-17(25-3)20(27-5)19(14)26-4/h6-10H,11-12H2,1-5H3,(H,22,24). The molecule has 0 radical (unpaired) electrons. The van der Waals surface area contributed by atoms with Crippen molar-refractivity contribution in [2.24, 2.45) is 0 Å². The number of aryl methyl sites for hydroxylation is 1. The van der Waals surface area contributed by atoms with E-state index in [0.717, 1.165) is 11.1 Å². The lowest BCUT2D eigenvalue weighted by Crippen LogP contribution is -2.30. The van der Waals surface area contributed by atoms with Crippen LogP contribution in [0.4, 0.5) is 10.1 Å². The summed E-state index contributed by atoms with van der Waals surface area (Å²) in [7, 11) is 6.47. The van der Waals surface area contributed by atoms with E-state index >= 15 is 0 Å². The number of benzene rings is 2. The SMILES string of the molecule is COc1ccc(CN(C)CC(=O)Nc2cc(F)ccc2C)c(OC)c1OC. The number of ether oxygens (including phenoxy) is 3. The van der Waals surface area contributed by atoms with Gasteiger partial charge in [0, 0.05) is 17.8 Å². The number of amides is 1. The Morgan fingerprint density at radius 3 is 2.41 bits per heavy atom. The monoisotopic (exact) mass is 376 g/mol. The molecule has 0 heterocycles. The number of halogens is 1. The molecular weight excluding hydrogens is 351 g/mol. The number of methoxy groups -OCH3 is 3. The van der Waals surface area contributed by atoms with Gasteiger partial charge >= 0.3 is 0 Å². The Labute approximate surface area is 158 Å². The van der Waals surface area contributed by atoms with Crippen LogP contribution in [-0.2, 0) is 11.3 Å². The Hall–Kier alpha value is -2.80. The predicted octanol–water partition coefficient (Wildman–Crippen LogP) is 3.23. The van der Waals surface area contributed by atoms with Gasteiger partial charge in [0.25, 0.3) is 0 Å². The van der Waals surface area contributed by atoms with E-state index < -0.39 is 0 Å². The van der Waals surface area contributed by atoms with Crippen molar-refractivity contribution in [3.8, 4) is 17.2 Å². The molecule has 2 rings (SSSR count). The lowest BCUT2D eigenvalue weighted by atomic mass is 10.1. The molecule has 0 unspecified atom stereocenters. The summed E-state index contributed by atoms with van der Waals surface area (Å²) in [5.74, 6) is 1.01. The lowest BCUT2D eigenvalue weighted by molar-refractivity contribution is -0.117. The summed E-state index contributed by atoms with van der Waals surface area (Å²) < 4.78 is 29.5. The fraction of sp³-hybridized carbons (Fsp3) is 0.350. The normalized spacial score (nSPS) is 10.6. The Balaban J connectivity index is 2.08. The molecule has 0 fully saturated rings. The van der Waals surface area contributed by atoms with Crippen molar-refractivity contribution in [2.45, 2.75) is 13.5 Å². The van der Waals surface area contributed by atoms with Crippen LogP contribution >= 0.6 is 0 Å². The van der Waals surface area contributed by atoms with E-state index in [9.17, 15) is 9.18 Å². The Bertz CT molecular complexity index is 811. The highest BCUT2D eigenvalue weighted by molar-refractivity contribution is 5.92. The molecule has 146 valence electrons. The van der Waals surface area contributed by atoms with Crippen LogP contribution in [0, 0.1) is 12.7 Å². The minimum absolute atomic E-state index is 0.132. The van der Waals surface area contributed by atoms with Crippen LogP contribution in [0.1, 0.15) is 11.1 Å². The van der Waals surface area contributed by atoms with Crippen LogP contribution in [0.3, 0.4) is 0 Å². The van der Waals surface area contributed by atoms with E-state index in [-0.39, 0.29) is 18.3 Å². The van der Waals surface area contributed by atoms with Crippen LogP contribution < -0.4 is 19.5 Å². The van der Waals surface area contributed by atoms with Gasteiger partial charge in [0.2, 0.25) is 11.7 Å². The predicted molar refractivity (Wildman–Crippen MR) is 102 cm³/mol. The lowest BCUT2D eigenvalue weighted by Gasteiger charge is -2.20. The molecule has 7 heteroatoms. The highest BCUT2D eigenvalue weighted by Crippen LogP contribution is 2.40. The zero-order chi connectivity index (χ0) is 20.0. The van der Waals surface area contributed by atoms with Crippen molar-refractivity contribution in [1.82, 2.24) is 4.90 Å². The first-order chi connectivity index (χ1) is 12.9. The summed E-state index contributed by atoms with van der Waals surface area (Å²) in [6.07, 6.45) is 0. The molecule has 0 saturated heterocycles. The first-order valence-electron chi connectivity index (χ1n) is 8.42. The summed E-state index contributed by atoms with van der Waals surface area (Å²) in [5.41, 5.74) is 2.12. The topological polar surface area (TPSA) is 60.0 Å². The fourth-order valence-corrected chi connectivity index (χ4v) is 2.80. The quantitative estimate of drug-likeness (QED) is 0.767. The molecule has 2 aromatic rings. The smallest absolute Gasteiger partial charge is 0.238 e. The molecule has 0 aliphatic carbocycles. The Morgan fingerprint density at radius 2 is 1.78 bits per heavy atom. The maximum absolute atomic E-state index is 13.4. The van der Waals surface area contributed by atoms with Gasteiger partial charge in [-0.3, -0.25) is 9.69 Å². The highest BCUT2D eigenvalue weighted by atomic mass is 19.1. The van der Waals surface area contributed by atoms with Crippen molar-refractivity contribution >= 4 is 11.6 Å². The van der Waals surface area contributed by atoms with Crippen LogP contribution in [-0.4, -0.2) is 45.7 Å². The first-order valence-corrected chi connectivity index (χ1v) is 8.42. The first kappa shape index (κ1) is 20.5. The Morgan fingerprint density at radius 1 is 1.07 bits per heavy atom. The number of hydrogen-bond acceptors (Lipinski definition) is 5. The summed E-state index contributed by atoms with van der Waals surface area (Å²) in [6.45, 7) is 2.40. The maximum Gasteiger partial charge on any atom is 0.238 e. The molecule has 0 bridgehead atoms. The molecule has 0 aromatic heterocycles. The van der Waals surface area contributed by atoms with Gasteiger partial charge in [-0.1, -0.05) is 12.1 Å². The van der Waals surface area contributed by atoms with E-state index in [1.807, 2.05) is 24.9 Å². The van der Waals surface area contributed by atoms with E-state index in [2.05, 4.69) is 5.32 Å². The van der Waals surface area contributed by atoms with Crippen molar-refractivity contribution < 1.29 is 23.4 Å². The second kappa shape index (κ2) is 9.23. The second-order valence-electron chi connectivity index (χ2n) is 6.17. The van der Waals surface area contributed by atoms with E-state index in [4.69, 9.17) is 14.2 Å². The molecule has 0 aliphatic rings. The van der Waals surface area contributed by atoms with E-state index in [1.54, 1.807) is 33.5 Å². The molecule has 1 amide bonds. The number of carbonyl (C=O) groups excluding carboxylic acids is 1. The summed E-state index contributed by atoms with van der Waals surface area (Å²) in [4.78, 5) is 14.1. The molecule has 0 spiro atoms. The molecule has 0 atom stereocenters. The van der Waals surface area contributed by atoms with Crippen molar-refractivity contribution in [1.29, 1.82) is 0 Å².